The van der Waals surface area contributed by atoms with Crippen molar-refractivity contribution in [1.29, 1.82) is 0 Å². The standard InChI is InChI=1S/C23H27N5O2/c1-29-21-10-6-4-8-18(21)20-14-24-11-12-27(20)15-16-13-25-22-17-7-3-5-9-19(17)26-23(30-2)28(16)22/h3-10,16,20,24H,11-15H2,1-2H3. The number of fused-ring (bicyclic) bond motifs is 3. The van der Waals surface area contributed by atoms with Crippen LogP contribution in [0.4, 0.5) is 5.69 Å². The van der Waals surface area contributed by atoms with E-state index in [4.69, 9.17) is 19.5 Å². The molecule has 1 N–H and O–H groups in total. The Kier molecular flexibility index (Phi) is 5.14. The van der Waals surface area contributed by atoms with E-state index in [0.717, 1.165) is 55.6 Å². The van der Waals surface area contributed by atoms with E-state index in [-0.39, 0.29) is 12.1 Å². The third-order valence-electron chi connectivity index (χ3n) is 6.09. The summed E-state index contributed by atoms with van der Waals surface area (Å²) in [5.74, 6) is 1.90. The van der Waals surface area contributed by atoms with Gasteiger partial charge in [0.15, 0.2) is 0 Å². The minimum absolute atomic E-state index is 0.183. The molecule has 1 fully saturated rings. The van der Waals surface area contributed by atoms with Gasteiger partial charge in [0.1, 0.15) is 11.6 Å². The Labute approximate surface area is 177 Å². The largest absolute Gasteiger partial charge is 0.496 e. The molecule has 30 heavy (non-hydrogen) atoms. The van der Waals surface area contributed by atoms with E-state index in [0.29, 0.717) is 6.02 Å². The molecule has 7 nitrogen and oxygen atoms in total. The van der Waals surface area contributed by atoms with Crippen LogP contribution in [0.2, 0.25) is 0 Å². The lowest BCUT2D eigenvalue weighted by Gasteiger charge is -2.40. The second-order valence-corrected chi connectivity index (χ2v) is 7.76. The number of para-hydroxylation sites is 2. The van der Waals surface area contributed by atoms with Crippen molar-refractivity contribution in [2.45, 2.75) is 12.1 Å². The first kappa shape index (κ1) is 19.1. The Morgan fingerprint density at radius 1 is 1.07 bits per heavy atom. The zero-order valence-corrected chi connectivity index (χ0v) is 17.4. The molecule has 3 heterocycles. The van der Waals surface area contributed by atoms with Crippen molar-refractivity contribution in [2.24, 2.45) is 9.98 Å². The summed E-state index contributed by atoms with van der Waals surface area (Å²) in [5, 5.41) is 3.54. The van der Waals surface area contributed by atoms with E-state index in [1.54, 1.807) is 14.2 Å². The molecular weight excluding hydrogens is 378 g/mol. The van der Waals surface area contributed by atoms with Gasteiger partial charge in [-0.3, -0.25) is 14.8 Å². The van der Waals surface area contributed by atoms with Gasteiger partial charge in [0.05, 0.1) is 38.5 Å². The number of ether oxygens (including phenoxy) is 2. The maximum absolute atomic E-state index is 5.67. The molecule has 0 saturated carbocycles. The highest BCUT2D eigenvalue weighted by molar-refractivity contribution is 6.14. The number of piperazine rings is 1. The van der Waals surface area contributed by atoms with Crippen LogP contribution in [0.5, 0.6) is 5.75 Å². The van der Waals surface area contributed by atoms with Crippen LogP contribution in [-0.4, -0.2) is 74.6 Å². The topological polar surface area (TPSA) is 61.7 Å². The third kappa shape index (κ3) is 3.24. The Bertz CT molecular complexity index is 989. The number of hydrogen-bond acceptors (Lipinski definition) is 7. The average molecular weight is 406 g/mol. The summed E-state index contributed by atoms with van der Waals surface area (Å²) in [6.07, 6.45) is 0. The second kappa shape index (κ2) is 8.08. The van der Waals surface area contributed by atoms with Gasteiger partial charge in [-0.1, -0.05) is 30.3 Å². The van der Waals surface area contributed by atoms with E-state index in [9.17, 15) is 0 Å². The van der Waals surface area contributed by atoms with E-state index < -0.39 is 0 Å². The van der Waals surface area contributed by atoms with Crippen LogP contribution >= 0.6 is 0 Å². The van der Waals surface area contributed by atoms with Gasteiger partial charge in [-0.15, -0.1) is 0 Å². The van der Waals surface area contributed by atoms with Crippen molar-refractivity contribution in [3.05, 3.63) is 59.7 Å². The Morgan fingerprint density at radius 3 is 2.77 bits per heavy atom. The van der Waals surface area contributed by atoms with E-state index in [1.165, 1.54) is 5.56 Å². The number of methoxy groups -OCH3 is 2. The molecule has 2 aromatic carbocycles. The quantitative estimate of drug-likeness (QED) is 0.847. The summed E-state index contributed by atoms with van der Waals surface area (Å²) in [4.78, 5) is 14.3. The smallest absolute Gasteiger partial charge is 0.298 e. The van der Waals surface area contributed by atoms with Crippen LogP contribution in [0.15, 0.2) is 58.5 Å². The molecule has 156 valence electrons. The van der Waals surface area contributed by atoms with Gasteiger partial charge in [0.25, 0.3) is 6.02 Å². The lowest BCUT2D eigenvalue weighted by atomic mass is 10.0. The lowest BCUT2D eigenvalue weighted by molar-refractivity contribution is 0.133. The molecule has 1 saturated heterocycles. The molecule has 2 atom stereocenters. The van der Waals surface area contributed by atoms with Crippen molar-refractivity contribution < 1.29 is 9.47 Å². The zero-order chi connectivity index (χ0) is 20.5. The monoisotopic (exact) mass is 405 g/mol. The molecule has 5 rings (SSSR count). The van der Waals surface area contributed by atoms with Crippen LogP contribution in [-0.2, 0) is 4.74 Å². The molecule has 0 amide bonds. The third-order valence-corrected chi connectivity index (χ3v) is 6.09. The maximum atomic E-state index is 5.67. The van der Waals surface area contributed by atoms with Gasteiger partial charge in [-0.05, 0) is 18.2 Å². The van der Waals surface area contributed by atoms with E-state index in [2.05, 4.69) is 33.3 Å². The first-order valence-corrected chi connectivity index (χ1v) is 10.4. The van der Waals surface area contributed by atoms with Crippen LogP contribution < -0.4 is 10.1 Å². The van der Waals surface area contributed by atoms with Crippen molar-refractivity contribution in [3.8, 4) is 5.75 Å². The number of aliphatic imine (C=N–C) groups is 2. The molecule has 0 aliphatic carbocycles. The Hall–Kier alpha value is -2.90. The molecule has 7 heteroatoms. The maximum Gasteiger partial charge on any atom is 0.298 e. The predicted molar refractivity (Wildman–Crippen MR) is 118 cm³/mol. The Balaban J connectivity index is 1.42. The minimum Gasteiger partial charge on any atom is -0.496 e. The number of benzene rings is 2. The lowest BCUT2D eigenvalue weighted by Crippen LogP contribution is -2.54. The summed E-state index contributed by atoms with van der Waals surface area (Å²) < 4.78 is 11.3. The molecule has 0 spiro atoms. The molecule has 3 aliphatic rings. The highest BCUT2D eigenvalue weighted by Crippen LogP contribution is 2.34. The van der Waals surface area contributed by atoms with Crippen molar-refractivity contribution in [3.63, 3.8) is 0 Å². The van der Waals surface area contributed by atoms with Crippen LogP contribution in [0, 0.1) is 0 Å². The number of rotatable bonds is 4. The molecule has 2 aromatic rings. The fourth-order valence-corrected chi connectivity index (χ4v) is 4.67. The normalized spacial score (nSPS) is 23.3. The summed E-state index contributed by atoms with van der Waals surface area (Å²) >= 11 is 0. The molecule has 0 radical (unpaired) electrons. The number of hydrogen-bond donors (Lipinski definition) is 1. The van der Waals surface area contributed by atoms with Crippen molar-refractivity contribution in [1.82, 2.24) is 15.1 Å². The molecule has 0 bridgehead atoms. The molecule has 0 aromatic heterocycles. The first-order chi connectivity index (χ1) is 14.8. The van der Waals surface area contributed by atoms with Gasteiger partial charge in [0.2, 0.25) is 0 Å². The van der Waals surface area contributed by atoms with Gasteiger partial charge in [-0.2, -0.15) is 4.99 Å². The van der Waals surface area contributed by atoms with Crippen LogP contribution in [0.3, 0.4) is 0 Å². The van der Waals surface area contributed by atoms with Gasteiger partial charge in [0, 0.05) is 37.3 Å². The number of nitrogens with one attached hydrogen (secondary N) is 1. The SMILES string of the molecule is COC1=Nc2ccccc2C2=NCC(CN3CCNCC3c3ccccc3OC)N12. The highest BCUT2D eigenvalue weighted by Gasteiger charge is 2.39. The number of amidine groups is 2. The van der Waals surface area contributed by atoms with E-state index in [1.807, 2.05) is 30.3 Å². The summed E-state index contributed by atoms with van der Waals surface area (Å²) in [6, 6.07) is 17.5. The Morgan fingerprint density at radius 2 is 1.90 bits per heavy atom. The van der Waals surface area contributed by atoms with Crippen LogP contribution in [0.25, 0.3) is 0 Å². The highest BCUT2D eigenvalue weighted by atomic mass is 16.5. The van der Waals surface area contributed by atoms with Gasteiger partial charge in [-0.25, -0.2) is 0 Å². The molecular formula is C23H27N5O2. The van der Waals surface area contributed by atoms with Crippen LogP contribution in [0.1, 0.15) is 17.2 Å². The minimum atomic E-state index is 0.183. The summed E-state index contributed by atoms with van der Waals surface area (Å²) in [7, 11) is 3.42. The summed E-state index contributed by atoms with van der Waals surface area (Å²) in [6.45, 7) is 4.45. The molecule has 3 aliphatic heterocycles. The van der Waals surface area contributed by atoms with E-state index >= 15 is 0 Å². The zero-order valence-electron chi connectivity index (χ0n) is 17.4. The molecule has 2 unspecified atom stereocenters. The van der Waals surface area contributed by atoms with Crippen molar-refractivity contribution >= 4 is 17.5 Å². The van der Waals surface area contributed by atoms with Crippen molar-refractivity contribution in [2.75, 3.05) is 46.9 Å². The second-order valence-electron chi connectivity index (χ2n) is 7.76. The fourth-order valence-electron chi connectivity index (χ4n) is 4.67. The average Bonchev–Trinajstić information content (AvgIpc) is 3.23. The van der Waals surface area contributed by atoms with Gasteiger partial charge < -0.3 is 14.8 Å². The predicted octanol–water partition coefficient (Wildman–Crippen LogP) is 2.42. The van der Waals surface area contributed by atoms with Gasteiger partial charge >= 0.3 is 0 Å². The summed E-state index contributed by atoms with van der Waals surface area (Å²) in [5.41, 5.74) is 3.21. The fraction of sp³-hybridized carbons (Fsp3) is 0.391. The number of nitrogens with zero attached hydrogens (tertiary/aromatic N) is 4. The first-order valence-electron chi connectivity index (χ1n) is 10.4.